The van der Waals surface area contributed by atoms with Gasteiger partial charge in [-0.2, -0.15) is 0 Å². The zero-order valence-corrected chi connectivity index (χ0v) is 12.3. The van der Waals surface area contributed by atoms with Gasteiger partial charge in [-0.25, -0.2) is 9.97 Å². The highest BCUT2D eigenvalue weighted by molar-refractivity contribution is 9.10. The largest absolute Gasteiger partial charge is 0.383 e. The van der Waals surface area contributed by atoms with Crippen molar-refractivity contribution in [1.29, 1.82) is 0 Å². The third-order valence-corrected chi connectivity index (χ3v) is 3.34. The second kappa shape index (κ2) is 4.69. The van der Waals surface area contributed by atoms with E-state index < -0.39 is 0 Å². The molecule has 0 spiro atoms. The standard InChI is InChI=1S/C14H16BrN3/c1-14(2,3)13-17-8-10(12(16)18-13)9-6-4-5-7-11(9)15/h4-8H,1-3H3,(H2,16,17,18). The van der Waals surface area contributed by atoms with E-state index in [4.69, 9.17) is 5.73 Å². The zero-order valence-electron chi connectivity index (χ0n) is 10.7. The highest BCUT2D eigenvalue weighted by atomic mass is 79.9. The van der Waals surface area contributed by atoms with Gasteiger partial charge >= 0.3 is 0 Å². The minimum atomic E-state index is -0.0967. The van der Waals surface area contributed by atoms with Crippen molar-refractivity contribution in [3.8, 4) is 11.1 Å². The van der Waals surface area contributed by atoms with E-state index in [2.05, 4.69) is 46.7 Å². The first kappa shape index (κ1) is 13.0. The summed E-state index contributed by atoms with van der Waals surface area (Å²) in [6, 6.07) is 7.91. The first-order chi connectivity index (χ1) is 8.39. The van der Waals surface area contributed by atoms with Gasteiger partial charge in [-0.1, -0.05) is 54.9 Å². The van der Waals surface area contributed by atoms with E-state index in [9.17, 15) is 0 Å². The molecule has 0 bridgehead atoms. The molecule has 0 saturated heterocycles. The Kier molecular flexibility index (Phi) is 3.39. The van der Waals surface area contributed by atoms with Crippen LogP contribution >= 0.6 is 15.9 Å². The monoisotopic (exact) mass is 305 g/mol. The molecule has 0 aliphatic heterocycles. The Hall–Kier alpha value is -1.42. The van der Waals surface area contributed by atoms with Crippen LogP contribution in [0.1, 0.15) is 26.6 Å². The van der Waals surface area contributed by atoms with Crippen molar-refractivity contribution in [3.05, 3.63) is 40.8 Å². The molecular weight excluding hydrogens is 290 g/mol. The SMILES string of the molecule is CC(C)(C)c1ncc(-c2ccccc2Br)c(N)n1. The van der Waals surface area contributed by atoms with Crippen LogP contribution in [-0.4, -0.2) is 9.97 Å². The summed E-state index contributed by atoms with van der Waals surface area (Å²) in [6.07, 6.45) is 1.79. The minimum Gasteiger partial charge on any atom is -0.383 e. The van der Waals surface area contributed by atoms with Gasteiger partial charge < -0.3 is 5.73 Å². The van der Waals surface area contributed by atoms with Gasteiger partial charge in [-0.15, -0.1) is 0 Å². The Morgan fingerprint density at radius 2 is 1.78 bits per heavy atom. The predicted octanol–water partition coefficient (Wildman–Crippen LogP) is 3.79. The molecule has 4 heteroatoms. The number of nitrogen functional groups attached to an aromatic ring is 1. The number of aromatic nitrogens is 2. The Labute approximate surface area is 116 Å². The summed E-state index contributed by atoms with van der Waals surface area (Å²) >= 11 is 3.51. The topological polar surface area (TPSA) is 51.8 Å². The number of benzene rings is 1. The summed E-state index contributed by atoms with van der Waals surface area (Å²) in [5, 5.41) is 0. The lowest BCUT2D eigenvalue weighted by Crippen LogP contribution is -2.17. The van der Waals surface area contributed by atoms with E-state index in [1.165, 1.54) is 0 Å². The summed E-state index contributed by atoms with van der Waals surface area (Å²) in [4.78, 5) is 8.82. The molecule has 18 heavy (non-hydrogen) atoms. The molecule has 0 aliphatic rings. The molecule has 0 radical (unpaired) electrons. The molecular formula is C14H16BrN3. The lowest BCUT2D eigenvalue weighted by atomic mass is 9.95. The molecule has 0 saturated carbocycles. The molecule has 0 atom stereocenters. The first-order valence-corrected chi connectivity index (χ1v) is 6.57. The molecule has 2 N–H and O–H groups in total. The van der Waals surface area contributed by atoms with E-state index >= 15 is 0 Å². The van der Waals surface area contributed by atoms with Crippen molar-refractivity contribution in [2.75, 3.05) is 5.73 Å². The quantitative estimate of drug-likeness (QED) is 0.872. The van der Waals surface area contributed by atoms with Gasteiger partial charge in [-0.05, 0) is 6.07 Å². The van der Waals surface area contributed by atoms with Crippen molar-refractivity contribution in [1.82, 2.24) is 9.97 Å². The van der Waals surface area contributed by atoms with Gasteiger partial charge in [0.05, 0.1) is 0 Å². The lowest BCUT2D eigenvalue weighted by molar-refractivity contribution is 0.546. The molecule has 1 heterocycles. The lowest BCUT2D eigenvalue weighted by Gasteiger charge is -2.17. The van der Waals surface area contributed by atoms with Crippen LogP contribution in [0.25, 0.3) is 11.1 Å². The number of nitrogens with two attached hydrogens (primary N) is 1. The smallest absolute Gasteiger partial charge is 0.136 e. The third kappa shape index (κ3) is 2.53. The van der Waals surface area contributed by atoms with Crippen LogP contribution in [0.5, 0.6) is 0 Å². The van der Waals surface area contributed by atoms with Crippen molar-refractivity contribution < 1.29 is 0 Å². The Bertz CT molecular complexity index is 573. The van der Waals surface area contributed by atoms with Crippen LogP contribution in [0.3, 0.4) is 0 Å². The number of halogens is 1. The molecule has 3 nitrogen and oxygen atoms in total. The van der Waals surface area contributed by atoms with Crippen molar-refractivity contribution in [2.24, 2.45) is 0 Å². The first-order valence-electron chi connectivity index (χ1n) is 5.77. The minimum absolute atomic E-state index is 0.0967. The van der Waals surface area contributed by atoms with Crippen molar-refractivity contribution >= 4 is 21.7 Å². The van der Waals surface area contributed by atoms with E-state index in [1.807, 2.05) is 24.3 Å². The third-order valence-electron chi connectivity index (χ3n) is 2.65. The number of hydrogen-bond acceptors (Lipinski definition) is 3. The van der Waals surface area contributed by atoms with Crippen LogP contribution in [0, 0.1) is 0 Å². The van der Waals surface area contributed by atoms with Gasteiger partial charge in [-0.3, -0.25) is 0 Å². The fourth-order valence-electron chi connectivity index (χ4n) is 1.64. The summed E-state index contributed by atoms with van der Waals surface area (Å²) in [5.74, 6) is 1.28. The Balaban J connectivity index is 2.52. The maximum absolute atomic E-state index is 6.05. The van der Waals surface area contributed by atoms with E-state index in [-0.39, 0.29) is 5.41 Å². The second-order valence-corrected chi connectivity index (χ2v) is 6.08. The van der Waals surface area contributed by atoms with Crippen LogP contribution in [0.2, 0.25) is 0 Å². The van der Waals surface area contributed by atoms with Gasteiger partial charge in [0.15, 0.2) is 0 Å². The molecule has 94 valence electrons. The normalized spacial score (nSPS) is 11.6. The number of anilines is 1. The summed E-state index contributed by atoms with van der Waals surface area (Å²) in [7, 11) is 0. The summed E-state index contributed by atoms with van der Waals surface area (Å²) in [6.45, 7) is 6.21. The van der Waals surface area contributed by atoms with Crippen LogP contribution in [-0.2, 0) is 5.41 Å². The number of rotatable bonds is 1. The maximum atomic E-state index is 6.05. The molecule has 2 rings (SSSR count). The number of hydrogen-bond donors (Lipinski definition) is 1. The molecule has 0 aliphatic carbocycles. The summed E-state index contributed by atoms with van der Waals surface area (Å²) in [5.41, 5.74) is 7.82. The Morgan fingerprint density at radius 1 is 1.11 bits per heavy atom. The number of nitrogens with zero attached hydrogens (tertiary/aromatic N) is 2. The van der Waals surface area contributed by atoms with E-state index in [0.29, 0.717) is 5.82 Å². The maximum Gasteiger partial charge on any atom is 0.136 e. The highest BCUT2D eigenvalue weighted by Crippen LogP contribution is 2.31. The average Bonchev–Trinajstić information content (AvgIpc) is 2.29. The fraction of sp³-hybridized carbons (Fsp3) is 0.286. The van der Waals surface area contributed by atoms with Crippen LogP contribution in [0.15, 0.2) is 34.9 Å². The van der Waals surface area contributed by atoms with Crippen LogP contribution < -0.4 is 5.73 Å². The second-order valence-electron chi connectivity index (χ2n) is 5.22. The van der Waals surface area contributed by atoms with Crippen molar-refractivity contribution in [3.63, 3.8) is 0 Å². The molecule has 2 aromatic rings. The van der Waals surface area contributed by atoms with Gasteiger partial charge in [0.25, 0.3) is 0 Å². The van der Waals surface area contributed by atoms with Crippen LogP contribution in [0.4, 0.5) is 5.82 Å². The van der Waals surface area contributed by atoms with Gasteiger partial charge in [0.1, 0.15) is 11.6 Å². The molecule has 0 amide bonds. The zero-order chi connectivity index (χ0) is 13.3. The predicted molar refractivity (Wildman–Crippen MR) is 78.3 cm³/mol. The fourth-order valence-corrected chi connectivity index (χ4v) is 2.14. The molecule has 0 fully saturated rings. The highest BCUT2D eigenvalue weighted by Gasteiger charge is 2.19. The summed E-state index contributed by atoms with van der Waals surface area (Å²) < 4.78 is 0.990. The molecule has 0 unspecified atom stereocenters. The Morgan fingerprint density at radius 3 is 2.33 bits per heavy atom. The van der Waals surface area contributed by atoms with Crippen molar-refractivity contribution in [2.45, 2.75) is 26.2 Å². The van der Waals surface area contributed by atoms with Gasteiger partial charge in [0, 0.05) is 27.2 Å². The van der Waals surface area contributed by atoms with Gasteiger partial charge in [0.2, 0.25) is 0 Å². The van der Waals surface area contributed by atoms with E-state index in [0.717, 1.165) is 21.4 Å². The molecule has 1 aromatic heterocycles. The van der Waals surface area contributed by atoms with E-state index in [1.54, 1.807) is 6.20 Å². The molecule has 1 aromatic carbocycles. The average molecular weight is 306 g/mol.